The van der Waals surface area contributed by atoms with Gasteiger partial charge in [-0.1, -0.05) is 32.0 Å². The molecular weight excluding hydrogens is 345 g/mol. The van der Waals surface area contributed by atoms with Gasteiger partial charge in [-0.05, 0) is 42.3 Å². The third-order valence-electron chi connectivity index (χ3n) is 4.31. The van der Waals surface area contributed by atoms with Gasteiger partial charge in [0.15, 0.2) is 17.5 Å². The fourth-order valence-corrected chi connectivity index (χ4v) is 2.66. The second kappa shape index (κ2) is 9.26. The molecule has 6 heteroatoms. The summed E-state index contributed by atoms with van der Waals surface area (Å²) in [7, 11) is 1.51. The second-order valence-corrected chi connectivity index (χ2v) is 6.95. The molecular formula is C21H28FN3O2. The minimum atomic E-state index is -0.267. The summed E-state index contributed by atoms with van der Waals surface area (Å²) in [6, 6.07) is 11.9. The zero-order valence-corrected chi connectivity index (χ0v) is 16.3. The highest BCUT2D eigenvalue weighted by atomic mass is 19.1. The van der Waals surface area contributed by atoms with Crippen LogP contribution in [0.4, 0.5) is 4.39 Å². The molecule has 0 aliphatic heterocycles. The Labute approximate surface area is 160 Å². The Hall–Kier alpha value is -2.76. The number of halogens is 1. The maximum Gasteiger partial charge on any atom is 0.191 e. The fraction of sp³-hybridized carbons (Fsp3) is 0.381. The molecule has 0 radical (unpaired) electrons. The predicted molar refractivity (Wildman–Crippen MR) is 107 cm³/mol. The number of hydrogen-bond acceptors (Lipinski definition) is 3. The predicted octanol–water partition coefficient (Wildman–Crippen LogP) is 3.57. The summed E-state index contributed by atoms with van der Waals surface area (Å²) in [5.41, 5.74) is 1.53. The first-order chi connectivity index (χ1) is 12.9. The maximum absolute atomic E-state index is 13.5. The standard InChI is InChI=1S/C21H28FN3O2/c1-5-23-20(24-13-15-9-10-19(27-4)18(26)11-15)25-14-21(2,3)16-7-6-8-17(22)12-16/h6-12,26H,5,13-14H2,1-4H3,(H2,23,24,25). The lowest BCUT2D eigenvalue weighted by molar-refractivity contribution is 0.373. The number of guanidine groups is 1. The van der Waals surface area contributed by atoms with E-state index in [0.717, 1.165) is 17.7 Å². The number of aliphatic imine (C=N–C) groups is 1. The van der Waals surface area contributed by atoms with Gasteiger partial charge in [-0.3, -0.25) is 0 Å². The van der Waals surface area contributed by atoms with Crippen LogP contribution in [0.5, 0.6) is 11.5 Å². The molecule has 5 nitrogen and oxygen atoms in total. The van der Waals surface area contributed by atoms with Crippen LogP contribution in [0.3, 0.4) is 0 Å². The number of nitrogens with zero attached hydrogens (tertiary/aromatic N) is 1. The quantitative estimate of drug-likeness (QED) is 0.513. The van der Waals surface area contributed by atoms with E-state index in [4.69, 9.17) is 4.74 Å². The molecule has 0 atom stereocenters. The summed E-state index contributed by atoms with van der Waals surface area (Å²) >= 11 is 0. The molecule has 0 aliphatic carbocycles. The van der Waals surface area contributed by atoms with Crippen molar-refractivity contribution in [3.63, 3.8) is 0 Å². The van der Waals surface area contributed by atoms with E-state index in [-0.39, 0.29) is 17.0 Å². The van der Waals surface area contributed by atoms with Crippen LogP contribution in [-0.4, -0.2) is 31.3 Å². The number of phenols is 1. The molecule has 0 aromatic heterocycles. The lowest BCUT2D eigenvalue weighted by Crippen LogP contribution is -2.43. The van der Waals surface area contributed by atoms with Gasteiger partial charge in [0.25, 0.3) is 0 Å². The molecule has 2 aromatic carbocycles. The lowest BCUT2D eigenvalue weighted by Gasteiger charge is -2.27. The van der Waals surface area contributed by atoms with Crippen molar-refractivity contribution < 1.29 is 14.2 Å². The molecule has 0 saturated heterocycles. The summed E-state index contributed by atoms with van der Waals surface area (Å²) in [6.07, 6.45) is 0. The number of methoxy groups -OCH3 is 1. The van der Waals surface area contributed by atoms with Gasteiger partial charge < -0.3 is 20.5 Å². The average Bonchev–Trinajstić information content (AvgIpc) is 2.64. The van der Waals surface area contributed by atoms with Crippen LogP contribution in [-0.2, 0) is 12.0 Å². The Morgan fingerprint density at radius 3 is 2.59 bits per heavy atom. The van der Waals surface area contributed by atoms with E-state index < -0.39 is 0 Å². The van der Waals surface area contributed by atoms with Crippen LogP contribution < -0.4 is 15.4 Å². The van der Waals surface area contributed by atoms with Crippen LogP contribution in [0.1, 0.15) is 31.9 Å². The monoisotopic (exact) mass is 373 g/mol. The van der Waals surface area contributed by atoms with Crippen LogP contribution in [0.25, 0.3) is 0 Å². The highest BCUT2D eigenvalue weighted by molar-refractivity contribution is 5.79. The Kier molecular flexibility index (Phi) is 7.05. The topological polar surface area (TPSA) is 65.9 Å². The number of benzene rings is 2. The molecule has 0 bridgehead atoms. The molecule has 0 saturated carbocycles. The molecule has 2 rings (SSSR count). The highest BCUT2D eigenvalue weighted by Gasteiger charge is 2.21. The number of hydrogen-bond donors (Lipinski definition) is 3. The summed E-state index contributed by atoms with van der Waals surface area (Å²) in [4.78, 5) is 4.56. The van der Waals surface area contributed by atoms with E-state index in [1.165, 1.54) is 13.2 Å². The summed E-state index contributed by atoms with van der Waals surface area (Å²) in [5, 5.41) is 16.4. The normalized spacial score (nSPS) is 12.0. The molecule has 2 aromatic rings. The number of rotatable bonds is 7. The van der Waals surface area contributed by atoms with Gasteiger partial charge >= 0.3 is 0 Å². The summed E-state index contributed by atoms with van der Waals surface area (Å²) in [5.74, 6) is 0.956. The SMILES string of the molecule is CCNC(=NCc1ccc(OC)c(O)c1)NCC(C)(C)c1cccc(F)c1. The zero-order chi connectivity index (χ0) is 19.9. The van der Waals surface area contributed by atoms with Gasteiger partial charge in [0.2, 0.25) is 0 Å². The van der Waals surface area contributed by atoms with Gasteiger partial charge in [-0.25, -0.2) is 9.38 Å². The van der Waals surface area contributed by atoms with E-state index in [0.29, 0.717) is 24.8 Å². The minimum absolute atomic E-state index is 0.0930. The Balaban J connectivity index is 2.06. The first-order valence-corrected chi connectivity index (χ1v) is 9.00. The average molecular weight is 373 g/mol. The smallest absolute Gasteiger partial charge is 0.191 e. The van der Waals surface area contributed by atoms with Crippen LogP contribution in [0, 0.1) is 5.82 Å². The van der Waals surface area contributed by atoms with E-state index in [1.807, 2.05) is 19.1 Å². The Morgan fingerprint density at radius 1 is 1.19 bits per heavy atom. The molecule has 0 amide bonds. The summed E-state index contributed by atoms with van der Waals surface area (Å²) in [6.45, 7) is 7.83. The highest BCUT2D eigenvalue weighted by Crippen LogP contribution is 2.26. The number of aromatic hydroxyl groups is 1. The van der Waals surface area contributed by atoms with E-state index in [1.54, 1.807) is 24.3 Å². The van der Waals surface area contributed by atoms with Crippen molar-refractivity contribution in [2.45, 2.75) is 32.7 Å². The molecule has 0 fully saturated rings. The third-order valence-corrected chi connectivity index (χ3v) is 4.31. The van der Waals surface area contributed by atoms with Crippen LogP contribution >= 0.6 is 0 Å². The van der Waals surface area contributed by atoms with Gasteiger partial charge in [0.05, 0.1) is 13.7 Å². The van der Waals surface area contributed by atoms with Crippen molar-refractivity contribution in [3.8, 4) is 11.5 Å². The molecule has 27 heavy (non-hydrogen) atoms. The first kappa shape index (κ1) is 20.6. The van der Waals surface area contributed by atoms with E-state index in [9.17, 15) is 9.50 Å². The number of phenolic OH excluding ortho intramolecular Hbond substituents is 1. The van der Waals surface area contributed by atoms with E-state index in [2.05, 4.69) is 29.5 Å². The van der Waals surface area contributed by atoms with Crippen LogP contribution in [0.2, 0.25) is 0 Å². The Bertz CT molecular complexity index is 791. The van der Waals surface area contributed by atoms with Crippen molar-refractivity contribution in [1.29, 1.82) is 0 Å². The third kappa shape index (κ3) is 5.88. The first-order valence-electron chi connectivity index (χ1n) is 9.00. The largest absolute Gasteiger partial charge is 0.504 e. The molecule has 0 aliphatic rings. The van der Waals surface area contributed by atoms with Gasteiger partial charge in [-0.2, -0.15) is 0 Å². The molecule has 146 valence electrons. The van der Waals surface area contributed by atoms with Gasteiger partial charge in [0, 0.05) is 18.5 Å². The number of nitrogens with one attached hydrogen (secondary N) is 2. The molecule has 0 spiro atoms. The van der Waals surface area contributed by atoms with Gasteiger partial charge in [-0.15, -0.1) is 0 Å². The second-order valence-electron chi connectivity index (χ2n) is 6.95. The van der Waals surface area contributed by atoms with E-state index >= 15 is 0 Å². The maximum atomic E-state index is 13.5. The molecule has 0 heterocycles. The minimum Gasteiger partial charge on any atom is -0.504 e. The van der Waals surface area contributed by atoms with Crippen molar-refractivity contribution in [1.82, 2.24) is 10.6 Å². The van der Waals surface area contributed by atoms with Gasteiger partial charge in [0.1, 0.15) is 5.82 Å². The summed E-state index contributed by atoms with van der Waals surface area (Å²) < 4.78 is 18.6. The van der Waals surface area contributed by atoms with Crippen molar-refractivity contribution in [3.05, 3.63) is 59.4 Å². The Morgan fingerprint density at radius 2 is 1.96 bits per heavy atom. The number of ether oxygens (including phenoxy) is 1. The lowest BCUT2D eigenvalue weighted by atomic mass is 9.84. The fourth-order valence-electron chi connectivity index (χ4n) is 2.66. The van der Waals surface area contributed by atoms with Crippen molar-refractivity contribution >= 4 is 5.96 Å². The van der Waals surface area contributed by atoms with Crippen LogP contribution in [0.15, 0.2) is 47.5 Å². The molecule has 0 unspecified atom stereocenters. The van der Waals surface area contributed by atoms with Crippen molar-refractivity contribution in [2.24, 2.45) is 4.99 Å². The molecule has 3 N–H and O–H groups in total. The zero-order valence-electron chi connectivity index (χ0n) is 16.3. The van der Waals surface area contributed by atoms with Crippen molar-refractivity contribution in [2.75, 3.05) is 20.2 Å².